The molecule has 2 fully saturated rings. The highest BCUT2D eigenvalue weighted by molar-refractivity contribution is 6.34. The summed E-state index contributed by atoms with van der Waals surface area (Å²) in [6, 6.07) is 8.52. The summed E-state index contributed by atoms with van der Waals surface area (Å²) in [5.74, 6) is 0.874. The van der Waals surface area contributed by atoms with Gasteiger partial charge in [0, 0.05) is 57.1 Å². The molecule has 2 N–H and O–H groups in total. The third-order valence-corrected chi connectivity index (χ3v) is 7.53. The lowest BCUT2D eigenvalue weighted by atomic mass is 10.0. The van der Waals surface area contributed by atoms with Crippen molar-refractivity contribution in [2.45, 2.75) is 25.8 Å². The highest BCUT2D eigenvalue weighted by Gasteiger charge is 2.24. The van der Waals surface area contributed by atoms with Crippen molar-refractivity contribution in [3.05, 3.63) is 35.5 Å². The number of methoxy groups -OCH3 is 1. The number of aromatic nitrogens is 3. The normalized spacial score (nSPS) is 17.8. The summed E-state index contributed by atoms with van der Waals surface area (Å²) in [7, 11) is 1.66. The first kappa shape index (κ1) is 24.8. The zero-order chi connectivity index (χ0) is 25.1. The molecule has 0 unspecified atom stereocenters. The quantitative estimate of drug-likeness (QED) is 0.478. The summed E-state index contributed by atoms with van der Waals surface area (Å²) in [6.07, 6.45) is 3.84. The van der Waals surface area contributed by atoms with Crippen LogP contribution < -0.4 is 10.2 Å². The van der Waals surface area contributed by atoms with Crippen LogP contribution in [0.2, 0.25) is 5.02 Å². The Balaban J connectivity index is 1.30. The number of fused-ring (bicyclic) bond motifs is 1. The molecule has 2 aromatic heterocycles. The Hall–Kier alpha value is -2.88. The largest absolute Gasteiger partial charge is 0.383 e. The SMILES string of the molecule is CCN1CCC(Nc2c(Cl)cnc3nc(-c4ccc(N5CCN(CCOC)C(=O)C5)cc4)[nH]c23)CC1. The highest BCUT2D eigenvalue weighted by atomic mass is 35.5. The highest BCUT2D eigenvalue weighted by Crippen LogP contribution is 2.32. The van der Waals surface area contributed by atoms with E-state index in [2.05, 4.69) is 32.0 Å². The summed E-state index contributed by atoms with van der Waals surface area (Å²) >= 11 is 6.56. The average molecular weight is 512 g/mol. The summed E-state index contributed by atoms with van der Waals surface area (Å²) < 4.78 is 5.11. The molecule has 0 atom stereocenters. The number of pyridine rings is 1. The summed E-state index contributed by atoms with van der Waals surface area (Å²) in [4.78, 5) is 31.6. The molecule has 0 bridgehead atoms. The third-order valence-electron chi connectivity index (χ3n) is 7.25. The minimum absolute atomic E-state index is 0.128. The third kappa shape index (κ3) is 5.28. The second-order valence-corrected chi connectivity index (χ2v) is 9.87. The van der Waals surface area contributed by atoms with E-state index in [1.165, 1.54) is 0 Å². The summed E-state index contributed by atoms with van der Waals surface area (Å²) in [6.45, 7) is 8.57. The van der Waals surface area contributed by atoms with E-state index in [4.69, 9.17) is 21.3 Å². The second-order valence-electron chi connectivity index (χ2n) is 9.46. The fourth-order valence-electron chi connectivity index (χ4n) is 5.01. The number of H-pyrrole nitrogens is 1. The van der Waals surface area contributed by atoms with Crippen LogP contribution in [-0.4, -0.2) is 96.2 Å². The molecule has 2 saturated heterocycles. The van der Waals surface area contributed by atoms with Gasteiger partial charge in [-0.2, -0.15) is 0 Å². The first-order valence-corrected chi connectivity index (χ1v) is 13.1. The Morgan fingerprint density at radius 3 is 2.64 bits per heavy atom. The lowest BCUT2D eigenvalue weighted by Crippen LogP contribution is -2.51. The maximum Gasteiger partial charge on any atom is 0.242 e. The standard InChI is InChI=1S/C26H34ClN7O2/c1-3-32-10-8-19(9-11-32)29-23-21(27)16-28-26-24(23)30-25(31-26)18-4-6-20(7-5-18)34-13-12-33(14-15-36-2)22(35)17-34/h4-7,16,19H,3,8-15,17H2,1-2H3,(H2,28,29,30,31). The van der Waals surface area contributed by atoms with Crippen LogP contribution in [0.3, 0.4) is 0 Å². The first-order valence-electron chi connectivity index (χ1n) is 12.7. The number of hydrogen-bond donors (Lipinski definition) is 2. The van der Waals surface area contributed by atoms with E-state index in [0.29, 0.717) is 43.0 Å². The van der Waals surface area contributed by atoms with Crippen molar-refractivity contribution in [3.8, 4) is 11.4 Å². The summed E-state index contributed by atoms with van der Waals surface area (Å²) in [5.41, 5.74) is 4.33. The minimum Gasteiger partial charge on any atom is -0.383 e. The number of nitrogens with zero attached hydrogens (tertiary/aromatic N) is 5. The average Bonchev–Trinajstić information content (AvgIpc) is 3.35. The number of piperazine rings is 1. The van der Waals surface area contributed by atoms with Gasteiger partial charge < -0.3 is 29.7 Å². The Kier molecular flexibility index (Phi) is 7.59. The Labute approximate surface area is 216 Å². The van der Waals surface area contributed by atoms with Crippen molar-refractivity contribution in [1.29, 1.82) is 0 Å². The number of likely N-dealkylation sites (tertiary alicyclic amines) is 1. The zero-order valence-electron chi connectivity index (χ0n) is 21.0. The van der Waals surface area contributed by atoms with Crippen molar-refractivity contribution in [1.82, 2.24) is 24.8 Å². The van der Waals surface area contributed by atoms with Crippen molar-refractivity contribution < 1.29 is 9.53 Å². The predicted octanol–water partition coefficient (Wildman–Crippen LogP) is 3.47. The number of halogens is 1. The van der Waals surface area contributed by atoms with E-state index >= 15 is 0 Å². The predicted molar refractivity (Wildman–Crippen MR) is 144 cm³/mol. The number of carbonyl (C=O) groups excluding carboxylic acids is 1. The molecular weight excluding hydrogens is 478 g/mol. The van der Waals surface area contributed by atoms with Crippen LogP contribution in [0, 0.1) is 0 Å². The van der Waals surface area contributed by atoms with Crippen LogP contribution >= 0.6 is 11.6 Å². The van der Waals surface area contributed by atoms with E-state index in [1.807, 2.05) is 29.2 Å². The minimum atomic E-state index is 0.128. The first-order chi connectivity index (χ1) is 17.6. The van der Waals surface area contributed by atoms with Gasteiger partial charge in [-0.05, 0) is 43.7 Å². The van der Waals surface area contributed by atoms with Crippen LogP contribution in [0.4, 0.5) is 11.4 Å². The number of aromatic amines is 1. The van der Waals surface area contributed by atoms with Gasteiger partial charge >= 0.3 is 0 Å². The number of anilines is 2. The van der Waals surface area contributed by atoms with Gasteiger partial charge in [0.2, 0.25) is 5.91 Å². The molecule has 1 amide bonds. The molecule has 0 saturated carbocycles. The Morgan fingerprint density at radius 2 is 1.94 bits per heavy atom. The fraction of sp³-hybridized carbons (Fsp3) is 0.500. The number of piperidine rings is 1. The van der Waals surface area contributed by atoms with Crippen molar-refractivity contribution in [3.63, 3.8) is 0 Å². The zero-order valence-corrected chi connectivity index (χ0v) is 21.7. The van der Waals surface area contributed by atoms with Gasteiger partial charge in [-0.25, -0.2) is 9.97 Å². The van der Waals surface area contributed by atoms with Gasteiger partial charge in [0.25, 0.3) is 0 Å². The lowest BCUT2D eigenvalue weighted by Gasteiger charge is -2.35. The number of benzene rings is 1. The van der Waals surface area contributed by atoms with Crippen LogP contribution in [0.15, 0.2) is 30.5 Å². The molecule has 2 aliphatic rings. The molecule has 0 radical (unpaired) electrons. The molecule has 192 valence electrons. The summed E-state index contributed by atoms with van der Waals surface area (Å²) in [5, 5.41) is 4.25. The van der Waals surface area contributed by atoms with Crippen LogP contribution in [0.5, 0.6) is 0 Å². The number of rotatable bonds is 8. The number of imidazole rings is 1. The van der Waals surface area contributed by atoms with Crippen LogP contribution in [-0.2, 0) is 9.53 Å². The van der Waals surface area contributed by atoms with Gasteiger partial charge in [-0.3, -0.25) is 4.79 Å². The number of nitrogens with one attached hydrogen (secondary N) is 2. The van der Waals surface area contributed by atoms with E-state index in [-0.39, 0.29) is 5.91 Å². The van der Waals surface area contributed by atoms with E-state index < -0.39 is 0 Å². The Morgan fingerprint density at radius 1 is 1.17 bits per heavy atom. The van der Waals surface area contributed by atoms with Crippen LogP contribution in [0.25, 0.3) is 22.6 Å². The maximum atomic E-state index is 12.5. The van der Waals surface area contributed by atoms with Crippen molar-refractivity contribution in [2.75, 3.05) is 69.7 Å². The van der Waals surface area contributed by atoms with Gasteiger partial charge in [-0.15, -0.1) is 0 Å². The lowest BCUT2D eigenvalue weighted by molar-refractivity contribution is -0.131. The molecule has 4 heterocycles. The van der Waals surface area contributed by atoms with E-state index in [9.17, 15) is 4.79 Å². The molecular formula is C26H34ClN7O2. The van der Waals surface area contributed by atoms with E-state index in [1.54, 1.807) is 13.3 Å². The van der Waals surface area contributed by atoms with Gasteiger partial charge in [0.05, 0.1) is 30.1 Å². The molecule has 0 spiro atoms. The molecule has 0 aliphatic carbocycles. The smallest absolute Gasteiger partial charge is 0.242 e. The van der Waals surface area contributed by atoms with Gasteiger partial charge in [0.15, 0.2) is 5.65 Å². The number of ether oxygens (including phenoxy) is 1. The van der Waals surface area contributed by atoms with Gasteiger partial charge in [0.1, 0.15) is 11.3 Å². The van der Waals surface area contributed by atoms with Crippen LogP contribution in [0.1, 0.15) is 19.8 Å². The van der Waals surface area contributed by atoms with Crippen molar-refractivity contribution in [2.24, 2.45) is 0 Å². The van der Waals surface area contributed by atoms with E-state index in [0.717, 1.165) is 67.3 Å². The fourth-order valence-corrected chi connectivity index (χ4v) is 5.20. The second kappa shape index (κ2) is 11.0. The van der Waals surface area contributed by atoms with Crippen molar-refractivity contribution >= 4 is 40.0 Å². The molecule has 5 rings (SSSR count). The topological polar surface area (TPSA) is 89.6 Å². The molecule has 2 aliphatic heterocycles. The monoisotopic (exact) mass is 511 g/mol. The maximum absolute atomic E-state index is 12.5. The Bertz CT molecular complexity index is 1190. The molecule has 3 aromatic rings. The molecule has 1 aromatic carbocycles. The molecule has 36 heavy (non-hydrogen) atoms. The molecule has 9 nitrogen and oxygen atoms in total. The number of amides is 1. The number of carbonyl (C=O) groups is 1. The molecule has 10 heteroatoms. The number of hydrogen-bond acceptors (Lipinski definition) is 7. The van der Waals surface area contributed by atoms with Gasteiger partial charge in [-0.1, -0.05) is 18.5 Å².